The normalized spacial score (nSPS) is 28.5. The zero-order valence-corrected chi connectivity index (χ0v) is 7.05. The summed E-state index contributed by atoms with van der Waals surface area (Å²) in [5.41, 5.74) is -3.51. The smallest absolute Gasteiger partial charge is 0.421 e. The summed E-state index contributed by atoms with van der Waals surface area (Å²) < 4.78 is 36.4. The fraction of sp³-hybridized carbons (Fsp3) is 0.429. The molecule has 0 aliphatic carbocycles. The predicted octanol–water partition coefficient (Wildman–Crippen LogP) is 1.07. The van der Waals surface area contributed by atoms with Crippen LogP contribution < -0.4 is 5.32 Å². The second kappa shape index (κ2) is 2.81. The van der Waals surface area contributed by atoms with Crippen LogP contribution in [0.4, 0.5) is 13.2 Å². The van der Waals surface area contributed by atoms with Gasteiger partial charge in [-0.05, 0) is 13.0 Å². The Labute approximate surface area is 77.0 Å². The first-order valence-corrected chi connectivity index (χ1v) is 3.57. The zero-order chi connectivity index (χ0) is 11.1. The molecule has 0 radical (unpaired) electrons. The van der Waals surface area contributed by atoms with Gasteiger partial charge in [-0.3, -0.25) is 0 Å². The maximum atomic E-state index is 12.1. The van der Waals surface area contributed by atoms with Crippen LogP contribution >= 0.6 is 0 Å². The van der Waals surface area contributed by atoms with Gasteiger partial charge in [-0.25, -0.2) is 0 Å². The van der Waals surface area contributed by atoms with Crippen molar-refractivity contribution < 1.29 is 28.5 Å². The molecule has 1 aliphatic rings. The lowest BCUT2D eigenvalue weighted by Crippen LogP contribution is -2.47. The van der Waals surface area contributed by atoms with E-state index in [2.05, 4.69) is 0 Å². The van der Waals surface area contributed by atoms with Gasteiger partial charge in [0.25, 0.3) is 0 Å². The van der Waals surface area contributed by atoms with Gasteiger partial charge in [0.15, 0.2) is 11.6 Å². The summed E-state index contributed by atoms with van der Waals surface area (Å²) in [4.78, 5) is 0. The molecule has 0 bridgehead atoms. The molecule has 7 heteroatoms. The summed E-state index contributed by atoms with van der Waals surface area (Å²) in [6.45, 7) is 1.00. The number of rotatable bonds is 0. The topological polar surface area (TPSA) is 72.7 Å². The number of allylic oxidation sites excluding steroid dienone is 2. The fourth-order valence-electron chi connectivity index (χ4n) is 0.924. The van der Waals surface area contributed by atoms with E-state index in [9.17, 15) is 18.3 Å². The number of halogens is 3. The second-order valence-electron chi connectivity index (χ2n) is 2.99. The Morgan fingerprint density at radius 3 is 2.29 bits per heavy atom. The number of dihydropyridines is 1. The molecule has 1 heterocycles. The Morgan fingerprint density at radius 1 is 1.36 bits per heavy atom. The summed E-state index contributed by atoms with van der Waals surface area (Å²) in [5, 5.41) is 28.8. The summed E-state index contributed by atoms with van der Waals surface area (Å²) in [6.07, 6.45) is -4.52. The van der Waals surface area contributed by atoms with E-state index < -0.39 is 29.1 Å². The lowest BCUT2D eigenvalue weighted by atomic mass is 10.1. The van der Waals surface area contributed by atoms with Crippen LogP contribution in [0.25, 0.3) is 0 Å². The van der Waals surface area contributed by atoms with Gasteiger partial charge >= 0.3 is 6.18 Å². The lowest BCUT2D eigenvalue weighted by Gasteiger charge is -2.29. The van der Waals surface area contributed by atoms with Crippen molar-refractivity contribution >= 4 is 0 Å². The largest absolute Gasteiger partial charge is 0.507 e. The molecule has 0 saturated heterocycles. The van der Waals surface area contributed by atoms with Gasteiger partial charge < -0.3 is 20.6 Å². The SMILES string of the molecule is CC1(O)NC(O)=C(C(F)(F)F)C=C1O. The summed E-state index contributed by atoms with van der Waals surface area (Å²) in [7, 11) is 0. The molecule has 1 aliphatic heterocycles. The Kier molecular flexibility index (Phi) is 2.15. The van der Waals surface area contributed by atoms with Gasteiger partial charge in [-0.15, -0.1) is 0 Å². The maximum absolute atomic E-state index is 12.1. The number of alkyl halides is 3. The Hall–Kier alpha value is -1.37. The van der Waals surface area contributed by atoms with Gasteiger partial charge in [0.2, 0.25) is 0 Å². The molecule has 0 fully saturated rings. The van der Waals surface area contributed by atoms with E-state index >= 15 is 0 Å². The third-order valence-electron chi connectivity index (χ3n) is 1.70. The first-order chi connectivity index (χ1) is 6.14. The van der Waals surface area contributed by atoms with Crippen LogP contribution in [0, 0.1) is 0 Å². The molecule has 0 saturated carbocycles. The van der Waals surface area contributed by atoms with Crippen molar-refractivity contribution in [3.8, 4) is 0 Å². The number of hydrogen-bond acceptors (Lipinski definition) is 4. The van der Waals surface area contributed by atoms with Crippen molar-refractivity contribution in [3.05, 3.63) is 23.3 Å². The van der Waals surface area contributed by atoms with Crippen molar-refractivity contribution in [1.82, 2.24) is 5.32 Å². The van der Waals surface area contributed by atoms with Gasteiger partial charge in [0.1, 0.15) is 11.3 Å². The fourth-order valence-corrected chi connectivity index (χ4v) is 0.924. The molecular weight excluding hydrogens is 203 g/mol. The highest BCUT2D eigenvalue weighted by atomic mass is 19.4. The molecule has 4 nitrogen and oxygen atoms in total. The monoisotopic (exact) mass is 211 g/mol. The van der Waals surface area contributed by atoms with E-state index in [1.807, 2.05) is 0 Å². The van der Waals surface area contributed by atoms with E-state index in [0.29, 0.717) is 0 Å². The quantitative estimate of drug-likeness (QED) is 0.483. The standard InChI is InChI=1S/C7H8F3NO3/c1-6(14)4(12)2-3(5(13)11-6)7(8,9)10/h2,11-14H,1H3. The Morgan fingerprint density at radius 2 is 1.86 bits per heavy atom. The molecule has 0 amide bonds. The van der Waals surface area contributed by atoms with Crippen LogP contribution in [-0.4, -0.2) is 27.2 Å². The molecule has 14 heavy (non-hydrogen) atoms. The summed E-state index contributed by atoms with van der Waals surface area (Å²) in [6, 6.07) is 0. The first-order valence-electron chi connectivity index (χ1n) is 3.57. The van der Waals surface area contributed by atoms with Crippen LogP contribution in [0.15, 0.2) is 23.3 Å². The second-order valence-corrected chi connectivity index (χ2v) is 2.99. The number of aliphatic hydroxyl groups excluding tert-OH is 2. The minimum Gasteiger partial charge on any atom is -0.507 e. The van der Waals surface area contributed by atoms with Gasteiger partial charge in [-0.1, -0.05) is 0 Å². The Bertz CT molecular complexity index is 317. The van der Waals surface area contributed by atoms with Crippen molar-refractivity contribution in [2.75, 3.05) is 0 Å². The van der Waals surface area contributed by atoms with Crippen molar-refractivity contribution in [2.45, 2.75) is 18.8 Å². The van der Waals surface area contributed by atoms with Crippen LogP contribution in [0.3, 0.4) is 0 Å². The molecule has 4 N–H and O–H groups in total. The van der Waals surface area contributed by atoms with Gasteiger partial charge in [-0.2, -0.15) is 13.2 Å². The van der Waals surface area contributed by atoms with Crippen LogP contribution in [0.1, 0.15) is 6.92 Å². The van der Waals surface area contributed by atoms with E-state index in [4.69, 9.17) is 10.2 Å². The molecule has 1 unspecified atom stereocenters. The van der Waals surface area contributed by atoms with Crippen LogP contribution in [0.2, 0.25) is 0 Å². The van der Waals surface area contributed by atoms with Crippen molar-refractivity contribution in [1.29, 1.82) is 0 Å². The predicted molar refractivity (Wildman–Crippen MR) is 40.2 cm³/mol. The summed E-state index contributed by atoms with van der Waals surface area (Å²) >= 11 is 0. The van der Waals surface area contributed by atoms with E-state index in [-0.39, 0.29) is 6.08 Å². The van der Waals surface area contributed by atoms with E-state index in [1.54, 1.807) is 5.32 Å². The summed E-state index contributed by atoms with van der Waals surface area (Å²) in [5.74, 6) is -2.14. The number of hydrogen-bond donors (Lipinski definition) is 4. The Balaban J connectivity index is 3.14. The molecule has 0 aromatic rings. The molecule has 0 aromatic carbocycles. The average molecular weight is 211 g/mol. The molecule has 1 rings (SSSR count). The first kappa shape index (κ1) is 10.7. The minimum absolute atomic E-state index is 0.270. The molecule has 0 aromatic heterocycles. The average Bonchev–Trinajstić information content (AvgIpc) is 1.93. The molecule has 0 spiro atoms. The van der Waals surface area contributed by atoms with Crippen molar-refractivity contribution in [3.63, 3.8) is 0 Å². The van der Waals surface area contributed by atoms with Crippen LogP contribution in [-0.2, 0) is 0 Å². The highest BCUT2D eigenvalue weighted by molar-refractivity contribution is 5.34. The molecule has 1 atom stereocenters. The highest BCUT2D eigenvalue weighted by Crippen LogP contribution is 2.33. The maximum Gasteiger partial charge on any atom is 0.421 e. The van der Waals surface area contributed by atoms with Crippen molar-refractivity contribution in [2.24, 2.45) is 0 Å². The third-order valence-corrected chi connectivity index (χ3v) is 1.70. The van der Waals surface area contributed by atoms with Crippen LogP contribution in [0.5, 0.6) is 0 Å². The molecule has 80 valence electrons. The van der Waals surface area contributed by atoms with Gasteiger partial charge in [0.05, 0.1) is 0 Å². The number of nitrogens with one attached hydrogen (secondary N) is 1. The third kappa shape index (κ3) is 1.77. The highest BCUT2D eigenvalue weighted by Gasteiger charge is 2.42. The zero-order valence-electron chi connectivity index (χ0n) is 7.05. The minimum atomic E-state index is -4.79. The lowest BCUT2D eigenvalue weighted by molar-refractivity contribution is -0.0954. The molecular formula is C7H8F3NO3. The number of aliphatic hydroxyl groups is 3. The van der Waals surface area contributed by atoms with E-state index in [0.717, 1.165) is 6.92 Å². The van der Waals surface area contributed by atoms with E-state index in [1.165, 1.54) is 0 Å². The van der Waals surface area contributed by atoms with Gasteiger partial charge in [0, 0.05) is 0 Å².